The topological polar surface area (TPSA) is 117 Å². The summed E-state index contributed by atoms with van der Waals surface area (Å²) >= 11 is 0. The fraction of sp³-hybridized carbons (Fsp3) is 0.615. The number of nitrogens with one attached hydrogen (secondary N) is 3. The zero-order valence-electron chi connectivity index (χ0n) is 30.1. The highest BCUT2D eigenvalue weighted by molar-refractivity contribution is 5.85. The first-order valence-corrected chi connectivity index (χ1v) is 17.8. The summed E-state index contributed by atoms with van der Waals surface area (Å²) in [5, 5.41) is 17.9. The molecular weight excluding hydrogens is 609 g/mol. The van der Waals surface area contributed by atoms with Crippen molar-refractivity contribution in [3.8, 4) is 5.75 Å². The predicted molar refractivity (Wildman–Crippen MR) is 190 cm³/mol. The summed E-state index contributed by atoms with van der Waals surface area (Å²) in [5.41, 5.74) is 3.43. The number of halogens is 1. The first-order valence-electron chi connectivity index (χ1n) is 17.8. The Morgan fingerprint density at radius 1 is 0.958 bits per heavy atom. The van der Waals surface area contributed by atoms with Crippen LogP contribution in [0.25, 0.3) is 0 Å². The summed E-state index contributed by atoms with van der Waals surface area (Å²) in [6.45, 7) is 12.6. The molecule has 1 saturated carbocycles. The smallest absolute Gasteiger partial charge is 0.239 e. The highest BCUT2D eigenvalue weighted by atomic mass is 19.1. The maximum Gasteiger partial charge on any atom is 0.239 e. The third-order valence-electron chi connectivity index (χ3n) is 8.42. The number of Topliss-reactive ketones (excluding diaryl/α,β-unsaturated/α-hetero) is 1. The summed E-state index contributed by atoms with van der Waals surface area (Å²) in [7, 11) is 0. The number of aliphatic hydroxyl groups is 1. The number of carbonyl (C=O) groups excluding carboxylic acids is 3. The maximum atomic E-state index is 12.3. The van der Waals surface area contributed by atoms with E-state index in [9.17, 15) is 18.8 Å². The SMILES string of the molecule is CC(=O)C(NCC1CCc2cccc(CCCNC(=O)CNC(=O)C(C)CO)c2O1)C1CCCCC1.CC(C)C.Cc1ccc(F)cc1. The lowest BCUT2D eigenvalue weighted by Crippen LogP contribution is -2.47. The molecule has 9 heteroatoms. The van der Waals surface area contributed by atoms with Crippen LogP contribution in [0.15, 0.2) is 42.5 Å². The lowest BCUT2D eigenvalue weighted by atomic mass is 9.82. The van der Waals surface area contributed by atoms with Gasteiger partial charge >= 0.3 is 0 Å². The van der Waals surface area contributed by atoms with Crippen molar-refractivity contribution < 1.29 is 28.6 Å². The van der Waals surface area contributed by atoms with Crippen molar-refractivity contribution >= 4 is 17.6 Å². The molecule has 0 aromatic heterocycles. The molecule has 4 rings (SSSR count). The van der Waals surface area contributed by atoms with E-state index in [-0.39, 0.29) is 48.7 Å². The van der Waals surface area contributed by atoms with Crippen LogP contribution in [-0.4, -0.2) is 61.1 Å². The minimum absolute atomic E-state index is 0.0358. The van der Waals surface area contributed by atoms with Gasteiger partial charge in [0.15, 0.2) is 0 Å². The number of benzene rings is 2. The second-order valence-electron chi connectivity index (χ2n) is 13.9. The average Bonchev–Trinajstić information content (AvgIpc) is 3.07. The second-order valence-corrected chi connectivity index (χ2v) is 13.9. The second kappa shape index (κ2) is 22.4. The number of aliphatic hydroxyl groups excluding tert-OH is 1. The van der Waals surface area contributed by atoms with E-state index in [1.54, 1.807) is 26.0 Å². The number of fused-ring (bicyclic) bond motifs is 1. The quantitative estimate of drug-likeness (QED) is 0.192. The van der Waals surface area contributed by atoms with Crippen LogP contribution in [0.1, 0.15) is 96.3 Å². The molecule has 268 valence electrons. The van der Waals surface area contributed by atoms with E-state index >= 15 is 0 Å². The minimum atomic E-state index is -0.526. The van der Waals surface area contributed by atoms with Crippen LogP contribution >= 0.6 is 0 Å². The van der Waals surface area contributed by atoms with Crippen molar-refractivity contribution in [3.05, 3.63) is 65.0 Å². The van der Waals surface area contributed by atoms with Crippen LogP contribution in [0.4, 0.5) is 4.39 Å². The van der Waals surface area contributed by atoms with Gasteiger partial charge < -0.3 is 25.8 Å². The van der Waals surface area contributed by atoms with E-state index < -0.39 is 5.92 Å². The van der Waals surface area contributed by atoms with Gasteiger partial charge in [-0.2, -0.15) is 0 Å². The Balaban J connectivity index is 0.000000561. The fourth-order valence-corrected chi connectivity index (χ4v) is 5.76. The Hall–Kier alpha value is -3.30. The van der Waals surface area contributed by atoms with E-state index in [4.69, 9.17) is 9.84 Å². The highest BCUT2D eigenvalue weighted by Gasteiger charge is 2.29. The van der Waals surface area contributed by atoms with Crippen molar-refractivity contribution in [2.45, 2.75) is 111 Å². The molecule has 1 aliphatic heterocycles. The molecule has 3 atom stereocenters. The number of para-hydroxylation sites is 1. The Kier molecular flexibility index (Phi) is 19.0. The number of hydrogen-bond donors (Lipinski definition) is 4. The number of ether oxygens (including phenoxy) is 1. The monoisotopic (exact) mass is 669 g/mol. The van der Waals surface area contributed by atoms with Crippen LogP contribution in [0.2, 0.25) is 0 Å². The largest absolute Gasteiger partial charge is 0.489 e. The lowest BCUT2D eigenvalue weighted by molar-refractivity contribution is -0.129. The Bertz CT molecular complexity index is 1220. The average molecular weight is 670 g/mol. The standard InChI is InChI=1S/C28H43N3O5.C7H7F.C4H10/c1-19(18-32)28(35)31-17-25(34)29-15-7-12-22-10-6-11-23-13-14-24(36-27(22)23)16-30-26(20(2)33)21-8-4-3-5-9-21;1-6-2-4-7(8)5-3-6;1-4(2)3/h6,10-11,19,21,24,26,30,32H,3-5,7-9,12-18H2,1-2H3,(H,29,34)(H,31,35);2-5H,1H3;4H,1-3H3. The van der Waals surface area contributed by atoms with Gasteiger partial charge in [0.1, 0.15) is 23.5 Å². The van der Waals surface area contributed by atoms with E-state index in [0.717, 1.165) is 61.3 Å². The van der Waals surface area contributed by atoms with Gasteiger partial charge in [0.25, 0.3) is 0 Å². The molecule has 0 radical (unpaired) electrons. The summed E-state index contributed by atoms with van der Waals surface area (Å²) in [6.07, 6.45) is 9.39. The van der Waals surface area contributed by atoms with Gasteiger partial charge in [-0.25, -0.2) is 4.39 Å². The Morgan fingerprint density at radius 2 is 1.62 bits per heavy atom. The molecule has 0 saturated heterocycles. The molecule has 3 unspecified atom stereocenters. The van der Waals surface area contributed by atoms with Gasteiger partial charge in [0, 0.05) is 13.1 Å². The number of aryl methyl sites for hydroxylation is 3. The number of ketones is 1. The van der Waals surface area contributed by atoms with Crippen LogP contribution in [0.5, 0.6) is 5.75 Å². The van der Waals surface area contributed by atoms with E-state index in [2.05, 4.69) is 54.9 Å². The van der Waals surface area contributed by atoms with Crippen LogP contribution in [-0.2, 0) is 27.2 Å². The van der Waals surface area contributed by atoms with E-state index in [1.807, 2.05) is 6.92 Å². The summed E-state index contributed by atoms with van der Waals surface area (Å²) in [4.78, 5) is 36.0. The van der Waals surface area contributed by atoms with Gasteiger partial charge in [0.2, 0.25) is 11.8 Å². The molecule has 8 nitrogen and oxygen atoms in total. The summed E-state index contributed by atoms with van der Waals surface area (Å²) in [5.74, 6) is 1.16. The van der Waals surface area contributed by atoms with Gasteiger partial charge in [-0.3, -0.25) is 14.4 Å². The van der Waals surface area contributed by atoms with Crippen molar-refractivity contribution in [1.82, 2.24) is 16.0 Å². The minimum Gasteiger partial charge on any atom is -0.489 e. The van der Waals surface area contributed by atoms with Crippen molar-refractivity contribution in [2.75, 3.05) is 26.2 Å². The molecule has 1 fully saturated rings. The number of rotatable bonds is 13. The molecule has 1 aliphatic carbocycles. The predicted octanol–water partition coefficient (Wildman–Crippen LogP) is 6.10. The van der Waals surface area contributed by atoms with E-state index in [0.29, 0.717) is 19.0 Å². The first kappa shape index (κ1) is 40.9. The lowest BCUT2D eigenvalue weighted by Gasteiger charge is -2.33. The molecular formula is C39H60FN3O5. The molecule has 2 aromatic carbocycles. The van der Waals surface area contributed by atoms with Crippen molar-refractivity contribution in [3.63, 3.8) is 0 Å². The normalized spacial score (nSPS) is 16.9. The van der Waals surface area contributed by atoms with Crippen LogP contribution in [0.3, 0.4) is 0 Å². The molecule has 0 bridgehead atoms. The van der Waals surface area contributed by atoms with Crippen molar-refractivity contribution in [1.29, 1.82) is 0 Å². The molecule has 48 heavy (non-hydrogen) atoms. The fourth-order valence-electron chi connectivity index (χ4n) is 5.76. The van der Waals surface area contributed by atoms with Gasteiger partial charge in [-0.05, 0) is 87.5 Å². The third-order valence-corrected chi connectivity index (χ3v) is 8.42. The Morgan fingerprint density at radius 3 is 2.23 bits per heavy atom. The number of hydrogen-bond acceptors (Lipinski definition) is 6. The van der Waals surface area contributed by atoms with Gasteiger partial charge in [0.05, 0.1) is 25.1 Å². The first-order chi connectivity index (χ1) is 22.9. The van der Waals surface area contributed by atoms with Gasteiger partial charge in [-0.15, -0.1) is 0 Å². The third kappa shape index (κ3) is 15.7. The summed E-state index contributed by atoms with van der Waals surface area (Å²) in [6, 6.07) is 12.6. The number of amides is 2. The molecule has 1 heterocycles. The highest BCUT2D eigenvalue weighted by Crippen LogP contribution is 2.32. The zero-order chi connectivity index (χ0) is 35.5. The van der Waals surface area contributed by atoms with Crippen LogP contribution in [0, 0.1) is 30.5 Å². The molecule has 4 N–H and O–H groups in total. The molecule has 2 amide bonds. The van der Waals surface area contributed by atoms with Crippen LogP contribution < -0.4 is 20.7 Å². The van der Waals surface area contributed by atoms with Gasteiger partial charge in [-0.1, -0.05) is 82.9 Å². The van der Waals surface area contributed by atoms with E-state index in [1.165, 1.54) is 37.0 Å². The molecule has 2 aromatic rings. The number of carbonyl (C=O) groups is 3. The Labute approximate surface area is 288 Å². The van der Waals surface area contributed by atoms with Crippen molar-refractivity contribution in [2.24, 2.45) is 17.8 Å². The zero-order valence-corrected chi connectivity index (χ0v) is 30.1. The molecule has 2 aliphatic rings. The maximum absolute atomic E-state index is 12.3. The molecule has 0 spiro atoms. The summed E-state index contributed by atoms with van der Waals surface area (Å²) < 4.78 is 18.5.